The molecule has 13 heavy (non-hydrogen) atoms. The number of rotatable bonds is 3. The molecule has 0 fully saturated rings. The van der Waals surface area contributed by atoms with Crippen molar-refractivity contribution in [3.8, 4) is 0 Å². The molecule has 68 valence electrons. The van der Waals surface area contributed by atoms with E-state index in [1.165, 1.54) is 10.5 Å². The summed E-state index contributed by atoms with van der Waals surface area (Å²) in [6, 6.07) is 6.12. The summed E-state index contributed by atoms with van der Waals surface area (Å²) in [4.78, 5) is 14.7. The van der Waals surface area contributed by atoms with E-state index < -0.39 is 0 Å². The number of hydrogen-bond donors (Lipinski definition) is 0. The van der Waals surface area contributed by atoms with Crippen LogP contribution >= 0.6 is 11.8 Å². The number of aryl methyl sites for hydroxylation is 1. The van der Waals surface area contributed by atoms with E-state index in [2.05, 4.69) is 11.1 Å². The molecule has 0 saturated heterocycles. The van der Waals surface area contributed by atoms with Crippen molar-refractivity contribution in [1.82, 2.24) is 0 Å². The molecule has 1 rings (SSSR count). The van der Waals surface area contributed by atoms with Gasteiger partial charge in [-0.25, -0.2) is 9.79 Å². The molecule has 0 amide bonds. The molecular formula is C10H11NOS. The lowest BCUT2D eigenvalue weighted by Gasteiger charge is -2.04. The zero-order valence-electron chi connectivity index (χ0n) is 7.70. The van der Waals surface area contributed by atoms with Gasteiger partial charge in [-0.1, -0.05) is 12.1 Å². The second kappa shape index (κ2) is 4.85. The highest BCUT2D eigenvalue weighted by Gasteiger charge is 2.00. The minimum absolute atomic E-state index is 0.431. The first kappa shape index (κ1) is 10.0. The summed E-state index contributed by atoms with van der Waals surface area (Å²) >= 11 is 1.67. The summed E-state index contributed by atoms with van der Waals surface area (Å²) in [5, 5.41) is 0. The van der Waals surface area contributed by atoms with E-state index in [1.807, 2.05) is 25.3 Å². The van der Waals surface area contributed by atoms with Crippen LogP contribution in [0.15, 0.2) is 28.1 Å². The first-order chi connectivity index (χ1) is 6.27. The van der Waals surface area contributed by atoms with Crippen LogP contribution in [0, 0.1) is 6.92 Å². The van der Waals surface area contributed by atoms with E-state index in [1.54, 1.807) is 17.8 Å². The van der Waals surface area contributed by atoms with Crippen molar-refractivity contribution in [2.75, 3.05) is 6.26 Å². The second-order valence-electron chi connectivity index (χ2n) is 2.72. The summed E-state index contributed by atoms with van der Waals surface area (Å²) in [5.41, 5.74) is 2.31. The molecule has 0 heterocycles. The smallest absolute Gasteiger partial charge is 0.211 e. The van der Waals surface area contributed by atoms with Gasteiger partial charge in [0.2, 0.25) is 6.08 Å². The third-order valence-corrected chi connectivity index (χ3v) is 2.58. The molecule has 0 aliphatic heterocycles. The third-order valence-electron chi connectivity index (χ3n) is 1.76. The minimum Gasteiger partial charge on any atom is -0.211 e. The second-order valence-corrected chi connectivity index (χ2v) is 3.57. The van der Waals surface area contributed by atoms with Crippen molar-refractivity contribution in [2.45, 2.75) is 18.4 Å². The first-order valence-electron chi connectivity index (χ1n) is 3.95. The summed E-state index contributed by atoms with van der Waals surface area (Å²) in [7, 11) is 0. The maximum atomic E-state index is 9.95. The topological polar surface area (TPSA) is 29.4 Å². The monoisotopic (exact) mass is 193 g/mol. The van der Waals surface area contributed by atoms with Gasteiger partial charge in [0.05, 0.1) is 6.54 Å². The Morgan fingerprint density at radius 2 is 2.31 bits per heavy atom. The standard InChI is InChI=1S/C10H11NOS/c1-8-3-4-9(6-11-7-12)10(5-8)13-2/h3-5H,6H2,1-2H3. The van der Waals surface area contributed by atoms with E-state index >= 15 is 0 Å². The fourth-order valence-electron chi connectivity index (χ4n) is 1.10. The van der Waals surface area contributed by atoms with Gasteiger partial charge in [0.25, 0.3) is 0 Å². The zero-order valence-corrected chi connectivity index (χ0v) is 8.52. The summed E-state index contributed by atoms with van der Waals surface area (Å²) in [6.45, 7) is 2.48. The highest BCUT2D eigenvalue weighted by Crippen LogP contribution is 2.22. The number of benzene rings is 1. The fourth-order valence-corrected chi connectivity index (χ4v) is 1.80. The maximum Gasteiger partial charge on any atom is 0.235 e. The predicted octanol–water partition coefficient (Wildman–Crippen LogP) is 2.55. The number of thioether (sulfide) groups is 1. The van der Waals surface area contributed by atoms with Crippen molar-refractivity contribution in [2.24, 2.45) is 4.99 Å². The van der Waals surface area contributed by atoms with Crippen LogP contribution in [0.1, 0.15) is 11.1 Å². The van der Waals surface area contributed by atoms with Crippen LogP contribution in [-0.2, 0) is 11.3 Å². The van der Waals surface area contributed by atoms with E-state index in [0.717, 1.165) is 5.56 Å². The van der Waals surface area contributed by atoms with Gasteiger partial charge in [-0.2, -0.15) is 0 Å². The number of hydrogen-bond acceptors (Lipinski definition) is 3. The molecule has 0 atom stereocenters. The minimum atomic E-state index is 0.431. The first-order valence-corrected chi connectivity index (χ1v) is 5.17. The predicted molar refractivity (Wildman–Crippen MR) is 54.8 cm³/mol. The molecule has 0 aliphatic rings. The Bertz CT molecular complexity index is 343. The van der Waals surface area contributed by atoms with Crippen LogP contribution in [0.4, 0.5) is 0 Å². The number of nitrogens with zero attached hydrogens (tertiary/aromatic N) is 1. The number of isocyanates is 1. The lowest BCUT2D eigenvalue weighted by molar-refractivity contribution is 0.562. The Balaban J connectivity index is 2.98. The lowest BCUT2D eigenvalue weighted by Crippen LogP contribution is -1.86. The average molecular weight is 193 g/mol. The Morgan fingerprint density at radius 1 is 1.54 bits per heavy atom. The molecular weight excluding hydrogens is 182 g/mol. The quantitative estimate of drug-likeness (QED) is 0.419. The zero-order chi connectivity index (χ0) is 9.68. The van der Waals surface area contributed by atoms with Gasteiger partial charge in [0.15, 0.2) is 0 Å². The number of carbonyl (C=O) groups excluding carboxylic acids is 1. The van der Waals surface area contributed by atoms with Crippen molar-refractivity contribution < 1.29 is 4.79 Å². The van der Waals surface area contributed by atoms with E-state index in [0.29, 0.717) is 6.54 Å². The van der Waals surface area contributed by atoms with E-state index in [-0.39, 0.29) is 0 Å². The molecule has 0 unspecified atom stereocenters. The van der Waals surface area contributed by atoms with Crippen molar-refractivity contribution in [1.29, 1.82) is 0 Å². The van der Waals surface area contributed by atoms with Crippen LogP contribution < -0.4 is 0 Å². The molecule has 0 N–H and O–H groups in total. The van der Waals surface area contributed by atoms with Crippen LogP contribution in [0.25, 0.3) is 0 Å². The molecule has 3 heteroatoms. The molecule has 0 aromatic heterocycles. The molecule has 1 aromatic carbocycles. The van der Waals surface area contributed by atoms with Crippen LogP contribution in [-0.4, -0.2) is 12.3 Å². The van der Waals surface area contributed by atoms with Gasteiger partial charge in [-0.15, -0.1) is 11.8 Å². The van der Waals surface area contributed by atoms with Gasteiger partial charge in [-0.3, -0.25) is 0 Å². The maximum absolute atomic E-state index is 9.95. The van der Waals surface area contributed by atoms with Gasteiger partial charge < -0.3 is 0 Å². The normalized spacial score (nSPS) is 9.38. The third kappa shape index (κ3) is 2.72. The fraction of sp³-hybridized carbons (Fsp3) is 0.300. The Kier molecular flexibility index (Phi) is 3.74. The summed E-state index contributed by atoms with van der Waals surface area (Å²) in [6.07, 6.45) is 3.56. The molecule has 0 aliphatic carbocycles. The van der Waals surface area contributed by atoms with Crippen LogP contribution in [0.2, 0.25) is 0 Å². The largest absolute Gasteiger partial charge is 0.235 e. The lowest BCUT2D eigenvalue weighted by atomic mass is 10.1. The summed E-state index contributed by atoms with van der Waals surface area (Å²) < 4.78 is 0. The SMILES string of the molecule is CSc1cc(C)ccc1CN=C=O. The molecule has 0 radical (unpaired) electrons. The van der Waals surface area contributed by atoms with Crippen LogP contribution in [0.5, 0.6) is 0 Å². The van der Waals surface area contributed by atoms with Gasteiger partial charge in [-0.05, 0) is 30.4 Å². The van der Waals surface area contributed by atoms with Gasteiger partial charge in [0, 0.05) is 4.90 Å². The molecule has 0 bridgehead atoms. The van der Waals surface area contributed by atoms with E-state index in [4.69, 9.17) is 0 Å². The molecule has 1 aromatic rings. The highest BCUT2D eigenvalue weighted by molar-refractivity contribution is 7.98. The van der Waals surface area contributed by atoms with Crippen molar-refractivity contribution in [3.05, 3.63) is 29.3 Å². The molecule has 0 saturated carbocycles. The van der Waals surface area contributed by atoms with Gasteiger partial charge in [0.1, 0.15) is 0 Å². The Labute approximate surface area is 82.1 Å². The highest BCUT2D eigenvalue weighted by atomic mass is 32.2. The summed E-state index contributed by atoms with van der Waals surface area (Å²) in [5.74, 6) is 0. The Morgan fingerprint density at radius 3 is 2.92 bits per heavy atom. The molecule has 2 nitrogen and oxygen atoms in total. The number of aliphatic imine (C=N–C) groups is 1. The Hall–Kier alpha value is -1.05. The van der Waals surface area contributed by atoms with Crippen molar-refractivity contribution >= 4 is 17.8 Å². The van der Waals surface area contributed by atoms with Crippen LogP contribution in [0.3, 0.4) is 0 Å². The van der Waals surface area contributed by atoms with Gasteiger partial charge >= 0.3 is 0 Å². The van der Waals surface area contributed by atoms with Crippen molar-refractivity contribution in [3.63, 3.8) is 0 Å². The molecule has 0 spiro atoms. The van der Waals surface area contributed by atoms with E-state index in [9.17, 15) is 4.79 Å². The average Bonchev–Trinajstić information content (AvgIpc) is 2.16.